The number of methoxy groups -OCH3 is 2. The van der Waals surface area contributed by atoms with Gasteiger partial charge in [-0.25, -0.2) is 0 Å². The first kappa shape index (κ1) is 18.6. The monoisotopic (exact) mass is 373 g/mol. The summed E-state index contributed by atoms with van der Waals surface area (Å²) in [6.45, 7) is 1.49. The molecule has 138 valence electrons. The highest BCUT2D eigenvalue weighted by Crippen LogP contribution is 2.31. The molecule has 1 aliphatic heterocycles. The number of hydrogen-bond donors (Lipinski definition) is 0. The Morgan fingerprint density at radius 2 is 1.77 bits per heavy atom. The lowest BCUT2D eigenvalue weighted by Gasteiger charge is -2.25. The molecule has 1 atom stereocenters. The molecule has 0 bridgehead atoms. The predicted molar refractivity (Wildman–Crippen MR) is 103 cm³/mol. The minimum absolute atomic E-state index is 0.0341. The molecule has 2 aromatic carbocycles. The van der Waals surface area contributed by atoms with Crippen LogP contribution in [0.3, 0.4) is 0 Å². The van der Waals surface area contributed by atoms with Crippen LogP contribution in [0.2, 0.25) is 5.02 Å². The van der Waals surface area contributed by atoms with E-state index in [0.717, 1.165) is 37.4 Å². The molecule has 1 heterocycles. The third-order valence-corrected chi connectivity index (χ3v) is 5.18. The van der Waals surface area contributed by atoms with Crippen LogP contribution < -0.4 is 9.47 Å². The Hall–Kier alpha value is -2.20. The van der Waals surface area contributed by atoms with Gasteiger partial charge in [0, 0.05) is 29.6 Å². The summed E-state index contributed by atoms with van der Waals surface area (Å²) in [7, 11) is 3.17. The molecule has 1 saturated heterocycles. The number of likely N-dealkylation sites (tertiary alicyclic amines) is 1. The first-order valence-corrected chi connectivity index (χ1v) is 9.27. The molecular weight excluding hydrogens is 350 g/mol. The third-order valence-electron chi connectivity index (χ3n) is 4.93. The van der Waals surface area contributed by atoms with Gasteiger partial charge < -0.3 is 14.4 Å². The molecule has 0 radical (unpaired) electrons. The van der Waals surface area contributed by atoms with Gasteiger partial charge in [0.2, 0.25) is 0 Å². The Kier molecular flexibility index (Phi) is 6.04. The van der Waals surface area contributed by atoms with Gasteiger partial charge in [-0.15, -0.1) is 0 Å². The first-order chi connectivity index (χ1) is 12.6. The topological polar surface area (TPSA) is 38.8 Å². The van der Waals surface area contributed by atoms with Crippen LogP contribution in [0.15, 0.2) is 42.5 Å². The van der Waals surface area contributed by atoms with Gasteiger partial charge in [-0.3, -0.25) is 4.79 Å². The molecule has 0 aromatic heterocycles. The molecule has 0 aliphatic carbocycles. The summed E-state index contributed by atoms with van der Waals surface area (Å²) in [6, 6.07) is 13.3. The zero-order chi connectivity index (χ0) is 18.5. The van der Waals surface area contributed by atoms with Crippen LogP contribution in [-0.4, -0.2) is 38.1 Å². The standard InChI is InChI=1S/C21H24ClNO3/c1-25-19-11-8-16(13-20(19)26-2)21(24)23-12-4-3-5-17(14-23)15-6-9-18(22)10-7-15/h6-11,13,17H,3-5,12,14H2,1-2H3. The second-order valence-electron chi connectivity index (χ2n) is 6.57. The van der Waals surface area contributed by atoms with E-state index in [2.05, 4.69) is 12.1 Å². The maximum atomic E-state index is 13.1. The Labute approximate surface area is 159 Å². The van der Waals surface area contributed by atoms with Crippen LogP contribution in [0.4, 0.5) is 0 Å². The normalized spacial score (nSPS) is 17.5. The molecule has 1 unspecified atom stereocenters. The van der Waals surface area contributed by atoms with Gasteiger partial charge in [-0.1, -0.05) is 30.2 Å². The van der Waals surface area contributed by atoms with Crippen molar-refractivity contribution < 1.29 is 14.3 Å². The van der Waals surface area contributed by atoms with Crippen LogP contribution in [0.25, 0.3) is 0 Å². The first-order valence-electron chi connectivity index (χ1n) is 8.89. The van der Waals surface area contributed by atoms with E-state index in [-0.39, 0.29) is 5.91 Å². The Balaban J connectivity index is 1.80. The Morgan fingerprint density at radius 1 is 1.04 bits per heavy atom. The van der Waals surface area contributed by atoms with Gasteiger partial charge >= 0.3 is 0 Å². The van der Waals surface area contributed by atoms with E-state index in [9.17, 15) is 4.79 Å². The number of benzene rings is 2. The smallest absolute Gasteiger partial charge is 0.254 e. The van der Waals surface area contributed by atoms with E-state index < -0.39 is 0 Å². The fraction of sp³-hybridized carbons (Fsp3) is 0.381. The van der Waals surface area contributed by atoms with Gasteiger partial charge in [-0.2, -0.15) is 0 Å². The number of nitrogens with zero attached hydrogens (tertiary/aromatic N) is 1. The highest BCUT2D eigenvalue weighted by Gasteiger charge is 2.24. The van der Waals surface area contributed by atoms with E-state index in [1.54, 1.807) is 32.4 Å². The number of carbonyl (C=O) groups is 1. The van der Waals surface area contributed by atoms with Crippen molar-refractivity contribution in [1.29, 1.82) is 0 Å². The molecule has 4 nitrogen and oxygen atoms in total. The quantitative estimate of drug-likeness (QED) is 0.775. The molecule has 3 rings (SSSR count). The SMILES string of the molecule is COc1ccc(C(=O)N2CCCCC(c3ccc(Cl)cc3)C2)cc1OC. The second-order valence-corrected chi connectivity index (χ2v) is 7.00. The van der Waals surface area contributed by atoms with Gasteiger partial charge in [0.05, 0.1) is 14.2 Å². The number of rotatable bonds is 4. The lowest BCUT2D eigenvalue weighted by Crippen LogP contribution is -2.34. The zero-order valence-electron chi connectivity index (χ0n) is 15.2. The van der Waals surface area contributed by atoms with E-state index in [1.165, 1.54) is 5.56 Å². The molecule has 26 heavy (non-hydrogen) atoms. The lowest BCUT2D eigenvalue weighted by molar-refractivity contribution is 0.0754. The van der Waals surface area contributed by atoms with E-state index >= 15 is 0 Å². The summed E-state index contributed by atoms with van der Waals surface area (Å²) in [5, 5.41) is 0.737. The molecule has 2 aromatic rings. The minimum Gasteiger partial charge on any atom is -0.493 e. The third kappa shape index (κ3) is 4.13. The fourth-order valence-electron chi connectivity index (χ4n) is 3.49. The van der Waals surface area contributed by atoms with Gasteiger partial charge in [-0.05, 0) is 48.7 Å². The van der Waals surface area contributed by atoms with E-state index in [4.69, 9.17) is 21.1 Å². The molecule has 0 saturated carbocycles. The van der Waals surface area contributed by atoms with Crippen molar-refractivity contribution in [1.82, 2.24) is 4.90 Å². The number of carbonyl (C=O) groups excluding carboxylic acids is 1. The van der Waals surface area contributed by atoms with Crippen LogP contribution in [0.5, 0.6) is 11.5 Å². The Morgan fingerprint density at radius 3 is 2.46 bits per heavy atom. The Bertz CT molecular complexity index is 760. The van der Waals surface area contributed by atoms with Crippen molar-refractivity contribution in [3.63, 3.8) is 0 Å². The summed E-state index contributed by atoms with van der Waals surface area (Å²) in [5.74, 6) is 1.56. The van der Waals surface area contributed by atoms with Crippen molar-refractivity contribution in [2.75, 3.05) is 27.3 Å². The van der Waals surface area contributed by atoms with Crippen molar-refractivity contribution >= 4 is 17.5 Å². The highest BCUT2D eigenvalue weighted by atomic mass is 35.5. The molecular formula is C21H24ClNO3. The largest absolute Gasteiger partial charge is 0.493 e. The molecule has 1 fully saturated rings. The second kappa shape index (κ2) is 8.45. The summed E-state index contributed by atoms with van der Waals surface area (Å²) >= 11 is 6.01. The highest BCUT2D eigenvalue weighted by molar-refractivity contribution is 6.30. The van der Waals surface area contributed by atoms with Crippen LogP contribution in [0.1, 0.15) is 41.1 Å². The van der Waals surface area contributed by atoms with Crippen LogP contribution >= 0.6 is 11.6 Å². The molecule has 0 spiro atoms. The van der Waals surface area contributed by atoms with Crippen molar-refractivity contribution in [3.05, 3.63) is 58.6 Å². The molecule has 1 aliphatic rings. The summed E-state index contributed by atoms with van der Waals surface area (Å²) in [6.07, 6.45) is 3.21. The summed E-state index contributed by atoms with van der Waals surface area (Å²) in [4.78, 5) is 15.0. The maximum Gasteiger partial charge on any atom is 0.254 e. The average Bonchev–Trinajstić information content (AvgIpc) is 2.93. The summed E-state index contributed by atoms with van der Waals surface area (Å²) < 4.78 is 10.6. The van der Waals surface area contributed by atoms with Crippen molar-refractivity contribution in [3.8, 4) is 11.5 Å². The predicted octanol–water partition coefficient (Wildman–Crippen LogP) is 4.77. The van der Waals surface area contributed by atoms with E-state index in [1.807, 2.05) is 17.0 Å². The fourth-order valence-corrected chi connectivity index (χ4v) is 3.61. The molecule has 0 N–H and O–H groups in total. The number of hydrogen-bond acceptors (Lipinski definition) is 3. The van der Waals surface area contributed by atoms with E-state index in [0.29, 0.717) is 23.0 Å². The van der Waals surface area contributed by atoms with Crippen molar-refractivity contribution in [2.45, 2.75) is 25.2 Å². The number of amides is 1. The minimum atomic E-state index is 0.0341. The maximum absolute atomic E-state index is 13.1. The summed E-state index contributed by atoms with van der Waals surface area (Å²) in [5.41, 5.74) is 1.86. The lowest BCUT2D eigenvalue weighted by atomic mass is 9.94. The molecule has 1 amide bonds. The number of ether oxygens (including phenoxy) is 2. The average molecular weight is 374 g/mol. The van der Waals surface area contributed by atoms with Crippen LogP contribution in [-0.2, 0) is 0 Å². The number of halogens is 1. The van der Waals surface area contributed by atoms with Gasteiger partial charge in [0.15, 0.2) is 11.5 Å². The van der Waals surface area contributed by atoms with Gasteiger partial charge in [0.25, 0.3) is 5.91 Å². The van der Waals surface area contributed by atoms with Crippen LogP contribution in [0, 0.1) is 0 Å². The van der Waals surface area contributed by atoms with Gasteiger partial charge in [0.1, 0.15) is 0 Å². The van der Waals surface area contributed by atoms with Crippen molar-refractivity contribution in [2.24, 2.45) is 0 Å². The zero-order valence-corrected chi connectivity index (χ0v) is 16.0. The molecule has 5 heteroatoms.